The first-order chi connectivity index (χ1) is 25.2. The van der Waals surface area contributed by atoms with Crippen molar-refractivity contribution in [3.8, 4) is 57.4 Å². The molecule has 6 nitrogen and oxygen atoms in total. The zero-order chi connectivity index (χ0) is 37.9. The standard InChI is InChI=1S/C37H16F10O6/c1-14(26-28(38)32(42)36(46)33(43)29(26)39)2-3-15(48)16-4-5-17(49-16)18-6-7-19(50-18)20-8-9-21(51-20)22-10-11-23(52-22)24-12-13-25(53-24)27-30(40)34(44)37(47)35(45)31(27)41/h2-14H,1H3/b3-2-. The van der Waals surface area contributed by atoms with Crippen molar-refractivity contribution in [2.24, 2.45) is 0 Å². The molecule has 0 saturated carbocycles. The van der Waals surface area contributed by atoms with Gasteiger partial charge in [-0.15, -0.1) is 0 Å². The third kappa shape index (κ3) is 6.04. The summed E-state index contributed by atoms with van der Waals surface area (Å²) in [5.74, 6) is -23.3. The smallest absolute Gasteiger partial charge is 0.220 e. The molecule has 0 spiro atoms. The molecule has 5 heterocycles. The van der Waals surface area contributed by atoms with Crippen LogP contribution >= 0.6 is 0 Å². The van der Waals surface area contributed by atoms with Crippen LogP contribution in [0.1, 0.15) is 29.0 Å². The van der Waals surface area contributed by atoms with Gasteiger partial charge in [-0.25, -0.2) is 43.9 Å². The summed E-state index contributed by atoms with van der Waals surface area (Å²) in [6.07, 6.45) is 1.82. The van der Waals surface area contributed by atoms with Crippen LogP contribution in [0, 0.1) is 58.2 Å². The van der Waals surface area contributed by atoms with Crippen molar-refractivity contribution in [2.45, 2.75) is 12.8 Å². The monoisotopic (exact) mass is 746 g/mol. The van der Waals surface area contributed by atoms with Crippen molar-refractivity contribution in [1.29, 1.82) is 0 Å². The quantitative estimate of drug-likeness (QED) is 0.0481. The van der Waals surface area contributed by atoms with Gasteiger partial charge in [0.25, 0.3) is 0 Å². The van der Waals surface area contributed by atoms with E-state index in [4.69, 9.17) is 22.1 Å². The van der Waals surface area contributed by atoms with Crippen molar-refractivity contribution < 1.29 is 70.8 Å². The predicted molar refractivity (Wildman–Crippen MR) is 163 cm³/mol. The number of furan rings is 5. The molecule has 1 unspecified atom stereocenters. The summed E-state index contributed by atoms with van der Waals surface area (Å²) in [4.78, 5) is 12.7. The summed E-state index contributed by atoms with van der Waals surface area (Å²) in [5.41, 5.74) is -2.35. The molecule has 0 aliphatic rings. The van der Waals surface area contributed by atoms with Gasteiger partial charge in [0, 0.05) is 11.5 Å². The molecule has 0 radical (unpaired) electrons. The molecule has 7 rings (SSSR count). The molecule has 0 aliphatic carbocycles. The van der Waals surface area contributed by atoms with Gasteiger partial charge in [-0.3, -0.25) is 4.79 Å². The lowest BCUT2D eigenvalue weighted by molar-refractivity contribution is 0.102. The van der Waals surface area contributed by atoms with E-state index in [1.807, 2.05) is 0 Å². The Morgan fingerprint density at radius 2 is 0.736 bits per heavy atom. The summed E-state index contributed by atoms with van der Waals surface area (Å²) >= 11 is 0. The Kier molecular flexibility index (Phi) is 8.75. The van der Waals surface area contributed by atoms with Crippen molar-refractivity contribution in [3.63, 3.8) is 0 Å². The molecule has 2 aromatic carbocycles. The third-order valence-electron chi connectivity index (χ3n) is 7.94. The molecule has 7 aromatic rings. The zero-order valence-electron chi connectivity index (χ0n) is 26.2. The number of ketones is 1. The summed E-state index contributed by atoms with van der Waals surface area (Å²) in [6.45, 7) is 1.14. The minimum atomic E-state index is -2.31. The SMILES string of the molecule is CC(/C=C\C(=O)c1ccc(-c2ccc(-c3ccc(-c4ccc(-c5ccc(-c6c(F)c(F)c(F)c(F)c6F)o5)o4)o3)o2)o1)c1c(F)c(F)c(F)c(F)c1F. The van der Waals surface area contributed by atoms with Gasteiger partial charge in [-0.05, 0) is 66.7 Å². The summed E-state index contributed by atoms with van der Waals surface area (Å²) in [6, 6.07) is 13.8. The van der Waals surface area contributed by atoms with Crippen molar-refractivity contribution >= 4 is 5.78 Å². The lowest BCUT2D eigenvalue weighted by atomic mass is 9.98. The first-order valence-electron chi connectivity index (χ1n) is 15.0. The highest BCUT2D eigenvalue weighted by Crippen LogP contribution is 2.38. The number of carbonyl (C=O) groups is 1. The van der Waals surface area contributed by atoms with Gasteiger partial charge in [-0.1, -0.05) is 13.0 Å². The van der Waals surface area contributed by atoms with Crippen molar-refractivity contribution in [1.82, 2.24) is 0 Å². The van der Waals surface area contributed by atoms with Gasteiger partial charge in [0.2, 0.25) is 17.4 Å². The second-order valence-corrected chi connectivity index (χ2v) is 11.3. The Balaban J connectivity index is 1.04. The second-order valence-electron chi connectivity index (χ2n) is 11.3. The van der Waals surface area contributed by atoms with E-state index in [1.165, 1.54) is 54.6 Å². The first kappa shape index (κ1) is 35.0. The summed E-state index contributed by atoms with van der Waals surface area (Å²) in [7, 11) is 0. The number of hydrogen-bond donors (Lipinski definition) is 0. The number of allylic oxidation sites excluding steroid dienone is 2. The van der Waals surface area contributed by atoms with Crippen LogP contribution in [0.5, 0.6) is 0 Å². The van der Waals surface area contributed by atoms with E-state index in [0.717, 1.165) is 25.1 Å². The Labute approximate surface area is 289 Å². The van der Waals surface area contributed by atoms with Crippen molar-refractivity contribution in [3.05, 3.63) is 142 Å². The van der Waals surface area contributed by atoms with Crippen LogP contribution in [0.25, 0.3) is 57.4 Å². The fourth-order valence-corrected chi connectivity index (χ4v) is 5.27. The normalized spacial score (nSPS) is 12.4. The van der Waals surface area contributed by atoms with Crippen LogP contribution in [0.4, 0.5) is 43.9 Å². The van der Waals surface area contributed by atoms with Gasteiger partial charge in [0.1, 0.15) is 5.76 Å². The van der Waals surface area contributed by atoms with Crippen molar-refractivity contribution in [2.75, 3.05) is 0 Å². The lowest BCUT2D eigenvalue weighted by Crippen LogP contribution is -2.09. The van der Waals surface area contributed by atoms with Crippen LogP contribution in [-0.2, 0) is 0 Å². The summed E-state index contributed by atoms with van der Waals surface area (Å²) < 4.78 is 166. The second kappa shape index (κ2) is 13.3. The van der Waals surface area contributed by atoms with Crippen LogP contribution < -0.4 is 0 Å². The molecule has 0 amide bonds. The van der Waals surface area contributed by atoms with E-state index in [9.17, 15) is 48.7 Å². The number of halogens is 10. The molecule has 5 aromatic heterocycles. The molecular weight excluding hydrogens is 730 g/mol. The third-order valence-corrected chi connectivity index (χ3v) is 7.94. The topological polar surface area (TPSA) is 82.8 Å². The molecule has 0 saturated heterocycles. The molecular formula is C37H16F10O6. The molecule has 53 heavy (non-hydrogen) atoms. The maximum atomic E-state index is 14.3. The number of hydrogen-bond acceptors (Lipinski definition) is 6. The summed E-state index contributed by atoms with van der Waals surface area (Å²) in [5, 5.41) is 0. The zero-order valence-corrected chi connectivity index (χ0v) is 26.2. The number of rotatable bonds is 9. The fraction of sp³-hybridized carbons (Fsp3) is 0.0541. The Morgan fingerprint density at radius 3 is 1.15 bits per heavy atom. The van der Waals surface area contributed by atoms with Crippen LogP contribution in [0.2, 0.25) is 0 Å². The van der Waals surface area contributed by atoms with Crippen LogP contribution in [-0.4, -0.2) is 5.78 Å². The predicted octanol–water partition coefficient (Wildman–Crippen LogP) is 11.9. The lowest BCUT2D eigenvalue weighted by Gasteiger charge is -2.11. The maximum Gasteiger partial charge on any atom is 0.220 e. The minimum Gasteiger partial charge on any atom is -0.453 e. The van der Waals surface area contributed by atoms with Gasteiger partial charge < -0.3 is 22.1 Å². The molecule has 1 atom stereocenters. The number of benzene rings is 2. The molecule has 0 bridgehead atoms. The highest BCUT2D eigenvalue weighted by atomic mass is 19.2. The van der Waals surface area contributed by atoms with E-state index in [0.29, 0.717) is 0 Å². The average Bonchev–Trinajstić information content (AvgIpc) is 3.99. The molecule has 0 N–H and O–H groups in total. The van der Waals surface area contributed by atoms with E-state index >= 15 is 0 Å². The fourth-order valence-electron chi connectivity index (χ4n) is 5.27. The molecule has 0 fully saturated rings. The van der Waals surface area contributed by atoms with Gasteiger partial charge in [-0.2, -0.15) is 0 Å². The van der Waals surface area contributed by atoms with E-state index in [2.05, 4.69) is 0 Å². The molecule has 270 valence electrons. The van der Waals surface area contributed by atoms with Gasteiger partial charge >= 0.3 is 0 Å². The highest BCUT2D eigenvalue weighted by molar-refractivity contribution is 6.02. The maximum absolute atomic E-state index is 14.3. The molecule has 16 heteroatoms. The number of carbonyl (C=O) groups excluding carboxylic acids is 1. The largest absolute Gasteiger partial charge is 0.453 e. The first-order valence-corrected chi connectivity index (χ1v) is 15.0. The van der Waals surface area contributed by atoms with Gasteiger partial charge in [0.15, 0.2) is 98.4 Å². The van der Waals surface area contributed by atoms with E-state index < -0.39 is 86.8 Å². The van der Waals surface area contributed by atoms with E-state index in [1.54, 1.807) is 0 Å². The Hall–Kier alpha value is -6.45. The Bertz CT molecular complexity index is 2520. The Morgan fingerprint density at radius 1 is 0.434 bits per heavy atom. The average molecular weight is 747 g/mol. The van der Waals surface area contributed by atoms with Crippen LogP contribution in [0.15, 0.2) is 94.9 Å². The minimum absolute atomic E-state index is 0.0263. The molecule has 0 aliphatic heterocycles. The highest BCUT2D eigenvalue weighted by Gasteiger charge is 2.30. The van der Waals surface area contributed by atoms with E-state index in [-0.39, 0.29) is 51.8 Å². The van der Waals surface area contributed by atoms with Crippen LogP contribution in [0.3, 0.4) is 0 Å². The van der Waals surface area contributed by atoms with Gasteiger partial charge in [0.05, 0.1) is 5.56 Å².